The molecule has 2 fully saturated rings. The third kappa shape index (κ3) is 4.37. The molecule has 1 amide bonds. The normalized spacial score (nSPS) is 19.5. The summed E-state index contributed by atoms with van der Waals surface area (Å²) >= 11 is 0. The molecule has 0 aliphatic heterocycles. The SMILES string of the molecule is Cc1ccc(-c2noc([C@H]3C[C@@H]3F)n2)cc1NC(=O)c1cnc2ccc(CNS(=O)(=O)C3CC3)cn12. The molecule has 6 rings (SSSR count). The van der Waals surface area contributed by atoms with Gasteiger partial charge in [-0.05, 0) is 49.4 Å². The van der Waals surface area contributed by atoms with Crippen LogP contribution in [0.2, 0.25) is 0 Å². The summed E-state index contributed by atoms with van der Waals surface area (Å²) in [5.74, 6) is -0.109. The van der Waals surface area contributed by atoms with Crippen molar-refractivity contribution < 1.29 is 22.1 Å². The number of imidazole rings is 1. The first-order valence-corrected chi connectivity index (χ1v) is 13.2. The molecule has 0 spiro atoms. The highest BCUT2D eigenvalue weighted by Crippen LogP contribution is 2.43. The van der Waals surface area contributed by atoms with Crippen LogP contribution in [0.1, 0.15) is 52.7 Å². The second-order valence-electron chi connectivity index (χ2n) is 9.27. The molecule has 0 radical (unpaired) electrons. The summed E-state index contributed by atoms with van der Waals surface area (Å²) in [4.78, 5) is 21.8. The molecule has 186 valence electrons. The van der Waals surface area contributed by atoms with E-state index in [1.807, 2.05) is 19.1 Å². The number of hydrogen-bond donors (Lipinski definition) is 2. The van der Waals surface area contributed by atoms with Gasteiger partial charge in [0.15, 0.2) is 0 Å². The molecule has 2 N–H and O–H groups in total. The van der Waals surface area contributed by atoms with Crippen molar-refractivity contribution in [3.8, 4) is 11.4 Å². The highest BCUT2D eigenvalue weighted by Gasteiger charge is 2.43. The van der Waals surface area contributed by atoms with E-state index >= 15 is 0 Å². The van der Waals surface area contributed by atoms with Crippen molar-refractivity contribution in [3.05, 3.63) is 65.4 Å². The van der Waals surface area contributed by atoms with Crippen molar-refractivity contribution in [3.63, 3.8) is 0 Å². The third-order valence-corrected chi connectivity index (χ3v) is 8.35. The molecular formula is C24H23FN6O4S. The number of sulfonamides is 1. The van der Waals surface area contributed by atoms with Crippen LogP contribution in [0.5, 0.6) is 0 Å². The summed E-state index contributed by atoms with van der Waals surface area (Å²) in [7, 11) is -3.32. The van der Waals surface area contributed by atoms with Crippen molar-refractivity contribution in [2.45, 2.75) is 50.1 Å². The number of fused-ring (bicyclic) bond motifs is 1. The Bertz CT molecular complexity index is 1590. The molecule has 4 aromatic rings. The Kier molecular flexibility index (Phi) is 5.38. The number of anilines is 1. The van der Waals surface area contributed by atoms with Gasteiger partial charge in [-0.3, -0.25) is 9.20 Å². The second-order valence-corrected chi connectivity index (χ2v) is 11.3. The zero-order chi connectivity index (χ0) is 25.0. The fourth-order valence-corrected chi connectivity index (χ4v) is 5.34. The lowest BCUT2D eigenvalue weighted by molar-refractivity contribution is 0.102. The first-order valence-electron chi connectivity index (χ1n) is 11.6. The molecule has 0 bridgehead atoms. The number of pyridine rings is 1. The standard InChI is InChI=1S/C24H23FN6O4S/c1-13-2-4-15(22-29-24(35-30-22)17-9-18(17)25)8-19(13)28-23(32)20-11-26-21-7-3-14(12-31(20)21)10-27-36(33,34)16-5-6-16/h2-4,7-8,11-12,16-18,27H,5-6,9-10H2,1H3,(H,28,32)/t17-,18-/m0/s1. The quantitative estimate of drug-likeness (QED) is 0.372. The first kappa shape index (κ1) is 22.8. The molecule has 2 aliphatic carbocycles. The minimum Gasteiger partial charge on any atom is -0.339 e. The van der Waals surface area contributed by atoms with Crippen molar-refractivity contribution >= 4 is 27.3 Å². The van der Waals surface area contributed by atoms with Gasteiger partial charge in [-0.1, -0.05) is 23.4 Å². The van der Waals surface area contributed by atoms with Gasteiger partial charge in [0.1, 0.15) is 17.5 Å². The highest BCUT2D eigenvalue weighted by molar-refractivity contribution is 7.90. The minimum absolute atomic E-state index is 0.131. The largest absolute Gasteiger partial charge is 0.339 e. The number of hydrogen-bond acceptors (Lipinski definition) is 7. The smallest absolute Gasteiger partial charge is 0.274 e. The second kappa shape index (κ2) is 8.49. The number of benzene rings is 1. The van der Waals surface area contributed by atoms with Crippen LogP contribution in [-0.2, 0) is 16.6 Å². The van der Waals surface area contributed by atoms with Gasteiger partial charge in [-0.15, -0.1) is 0 Å². The van der Waals surface area contributed by atoms with E-state index in [1.165, 1.54) is 6.20 Å². The molecule has 2 aliphatic rings. The molecule has 2 atom stereocenters. The lowest BCUT2D eigenvalue weighted by Crippen LogP contribution is -2.26. The fourth-order valence-electron chi connectivity index (χ4n) is 3.98. The number of carbonyl (C=O) groups excluding carboxylic acids is 1. The Morgan fingerprint density at radius 2 is 2.06 bits per heavy atom. The van der Waals surface area contributed by atoms with Crippen LogP contribution in [0.4, 0.5) is 10.1 Å². The summed E-state index contributed by atoms with van der Waals surface area (Å²) in [6, 6.07) is 8.89. The van der Waals surface area contributed by atoms with E-state index in [0.29, 0.717) is 53.2 Å². The van der Waals surface area contributed by atoms with Crippen LogP contribution in [0.25, 0.3) is 17.0 Å². The van der Waals surface area contributed by atoms with Crippen molar-refractivity contribution in [1.82, 2.24) is 24.2 Å². The molecule has 2 saturated carbocycles. The van der Waals surface area contributed by atoms with E-state index in [0.717, 1.165) is 5.56 Å². The molecule has 12 heteroatoms. The molecule has 1 aromatic carbocycles. The van der Waals surface area contributed by atoms with E-state index in [4.69, 9.17) is 4.52 Å². The summed E-state index contributed by atoms with van der Waals surface area (Å²) in [5, 5.41) is 6.56. The van der Waals surface area contributed by atoms with Crippen LogP contribution in [0.15, 0.2) is 47.2 Å². The maximum Gasteiger partial charge on any atom is 0.274 e. The number of nitrogens with one attached hydrogen (secondary N) is 2. The molecule has 0 unspecified atom stereocenters. The number of aromatic nitrogens is 4. The van der Waals surface area contributed by atoms with E-state index in [2.05, 4.69) is 25.2 Å². The van der Waals surface area contributed by atoms with Crippen LogP contribution in [0.3, 0.4) is 0 Å². The topological polar surface area (TPSA) is 131 Å². The average Bonchev–Trinajstić information content (AvgIpc) is 3.75. The Labute approximate surface area is 206 Å². The lowest BCUT2D eigenvalue weighted by atomic mass is 10.1. The number of alkyl halides is 1. The van der Waals surface area contributed by atoms with Gasteiger partial charge in [0, 0.05) is 24.0 Å². The predicted molar refractivity (Wildman–Crippen MR) is 129 cm³/mol. The third-order valence-electron chi connectivity index (χ3n) is 6.46. The van der Waals surface area contributed by atoms with Crippen molar-refractivity contribution in [2.75, 3.05) is 5.32 Å². The molecule has 3 aromatic heterocycles. The Hall–Kier alpha value is -3.64. The number of nitrogens with zero attached hydrogens (tertiary/aromatic N) is 4. The van der Waals surface area contributed by atoms with Gasteiger partial charge in [-0.25, -0.2) is 22.5 Å². The zero-order valence-electron chi connectivity index (χ0n) is 19.3. The zero-order valence-corrected chi connectivity index (χ0v) is 20.1. The van der Waals surface area contributed by atoms with E-state index in [1.54, 1.807) is 28.8 Å². The summed E-state index contributed by atoms with van der Waals surface area (Å²) in [5.41, 5.74) is 3.57. The molecule has 36 heavy (non-hydrogen) atoms. The summed E-state index contributed by atoms with van der Waals surface area (Å²) in [6.45, 7) is 1.99. The van der Waals surface area contributed by atoms with Gasteiger partial charge in [0.25, 0.3) is 5.91 Å². The lowest BCUT2D eigenvalue weighted by Gasteiger charge is -2.10. The molecule has 0 saturated heterocycles. The number of halogens is 1. The number of rotatable bonds is 8. The van der Waals surface area contributed by atoms with Crippen molar-refractivity contribution in [2.24, 2.45) is 0 Å². The predicted octanol–water partition coefficient (Wildman–Crippen LogP) is 3.35. The molecule has 3 heterocycles. The van der Waals surface area contributed by atoms with Gasteiger partial charge in [0.05, 0.1) is 17.4 Å². The summed E-state index contributed by atoms with van der Waals surface area (Å²) < 4.78 is 47.1. The summed E-state index contributed by atoms with van der Waals surface area (Å²) in [6.07, 6.45) is 4.00. The van der Waals surface area contributed by atoms with E-state index in [-0.39, 0.29) is 29.5 Å². The van der Waals surface area contributed by atoms with Gasteiger partial charge in [0.2, 0.25) is 21.7 Å². The number of carbonyl (C=O) groups is 1. The maximum absolute atomic E-state index is 13.3. The monoisotopic (exact) mass is 510 g/mol. The van der Waals surface area contributed by atoms with E-state index in [9.17, 15) is 17.6 Å². The Morgan fingerprint density at radius 1 is 1.25 bits per heavy atom. The van der Waals surface area contributed by atoms with Gasteiger partial charge < -0.3 is 9.84 Å². The van der Waals surface area contributed by atoms with Gasteiger partial charge >= 0.3 is 0 Å². The number of amides is 1. The molecule has 10 nitrogen and oxygen atoms in total. The minimum atomic E-state index is -3.32. The highest BCUT2D eigenvalue weighted by atomic mass is 32.2. The van der Waals surface area contributed by atoms with Gasteiger partial charge in [-0.2, -0.15) is 4.98 Å². The van der Waals surface area contributed by atoms with Crippen molar-refractivity contribution in [1.29, 1.82) is 0 Å². The van der Waals surface area contributed by atoms with Crippen LogP contribution >= 0.6 is 0 Å². The van der Waals surface area contributed by atoms with Crippen LogP contribution in [0, 0.1) is 6.92 Å². The Balaban J connectivity index is 1.22. The maximum atomic E-state index is 13.3. The first-order chi connectivity index (χ1) is 17.3. The molecular weight excluding hydrogens is 487 g/mol. The van der Waals surface area contributed by atoms with Crippen LogP contribution < -0.4 is 10.0 Å². The number of aryl methyl sites for hydroxylation is 1. The Morgan fingerprint density at radius 3 is 2.81 bits per heavy atom. The van der Waals surface area contributed by atoms with Crippen LogP contribution in [-0.4, -0.2) is 45.3 Å². The fraction of sp³-hybridized carbons (Fsp3) is 0.333. The van der Waals surface area contributed by atoms with E-state index < -0.39 is 16.2 Å². The average molecular weight is 511 g/mol.